The van der Waals surface area contributed by atoms with Crippen molar-refractivity contribution < 1.29 is 9.16 Å². The van der Waals surface area contributed by atoms with Gasteiger partial charge in [-0.1, -0.05) is 92.0 Å². The van der Waals surface area contributed by atoms with Crippen LogP contribution in [0.2, 0.25) is 18.1 Å². The first-order valence-corrected chi connectivity index (χ1v) is 19.7. The van der Waals surface area contributed by atoms with Gasteiger partial charge in [0.05, 0.1) is 5.60 Å². The average molecular weight is 571 g/mol. The first-order valence-electron chi connectivity index (χ1n) is 16.8. The van der Waals surface area contributed by atoms with Crippen LogP contribution in [0, 0.1) is 35.0 Å². The topological polar surface area (TPSA) is 18.5 Å². The zero-order valence-corrected chi connectivity index (χ0v) is 29.3. The van der Waals surface area contributed by atoms with Gasteiger partial charge in [-0.3, -0.25) is 0 Å². The molecule has 0 N–H and O–H groups in total. The van der Waals surface area contributed by atoms with Crippen LogP contribution in [0.3, 0.4) is 0 Å². The monoisotopic (exact) mass is 570 g/mol. The van der Waals surface area contributed by atoms with E-state index in [0.717, 1.165) is 49.9 Å². The maximum atomic E-state index is 6.88. The number of hydrogen-bond donors (Lipinski definition) is 0. The average Bonchev–Trinajstić information content (AvgIpc) is 3.22. The maximum Gasteiger partial charge on any atom is 0.192 e. The van der Waals surface area contributed by atoms with Crippen molar-refractivity contribution in [3.63, 3.8) is 0 Å². The minimum absolute atomic E-state index is 0.106. The van der Waals surface area contributed by atoms with Crippen LogP contribution in [-0.2, 0) is 9.16 Å². The van der Waals surface area contributed by atoms with E-state index in [1.165, 1.54) is 56.1 Å². The number of ether oxygens (including phenoxy) is 1. The molecule has 0 heterocycles. The van der Waals surface area contributed by atoms with E-state index in [1.54, 1.807) is 0 Å². The second-order valence-corrected chi connectivity index (χ2v) is 21.0. The molecule has 3 aliphatic rings. The molecular weight excluding hydrogens is 504 g/mol. The standard InChI is InChI=1S/C37H66O2Si/c1-13-24-37(38-10)31(19-18-30-26-32(20-17-28(30)4)39-40(11,12)35(6,7)8)23-25-36(9)33(21-22-34(36)37)29(5)16-14-15-27(2)3/h13,18,27,29,31-34H,1,4,14-17,19-26H2,2-3,5-12H3/b30-18-/t29-,31-,32+,33-,34-,36-,37+/m1/s1. The van der Waals surface area contributed by atoms with Gasteiger partial charge in [-0.2, -0.15) is 0 Å². The van der Waals surface area contributed by atoms with Gasteiger partial charge in [0.15, 0.2) is 8.32 Å². The summed E-state index contributed by atoms with van der Waals surface area (Å²) < 4.78 is 13.6. The van der Waals surface area contributed by atoms with E-state index in [1.807, 2.05) is 7.11 Å². The highest BCUT2D eigenvalue weighted by Crippen LogP contribution is 2.64. The first-order chi connectivity index (χ1) is 18.6. The van der Waals surface area contributed by atoms with Crippen LogP contribution in [0.1, 0.15) is 126 Å². The number of hydrogen-bond acceptors (Lipinski definition) is 2. The van der Waals surface area contributed by atoms with Gasteiger partial charge in [0.2, 0.25) is 0 Å². The lowest BCUT2D eigenvalue weighted by atomic mass is 9.53. The number of rotatable bonds is 12. The van der Waals surface area contributed by atoms with Crippen LogP contribution in [-0.4, -0.2) is 27.1 Å². The maximum absolute atomic E-state index is 6.88. The molecule has 3 heteroatoms. The molecule has 0 aliphatic heterocycles. The highest BCUT2D eigenvalue weighted by molar-refractivity contribution is 6.74. The Morgan fingerprint density at radius 2 is 1.77 bits per heavy atom. The van der Waals surface area contributed by atoms with Crippen molar-refractivity contribution in [2.45, 2.75) is 155 Å². The van der Waals surface area contributed by atoms with Crippen molar-refractivity contribution in [2.24, 2.45) is 35.0 Å². The third-order valence-electron chi connectivity index (χ3n) is 12.3. The molecule has 0 bridgehead atoms. The fraction of sp³-hybridized carbons (Fsp3) is 0.838. The lowest BCUT2D eigenvalue weighted by Crippen LogP contribution is -2.56. The van der Waals surface area contributed by atoms with Gasteiger partial charge in [0, 0.05) is 13.2 Å². The van der Waals surface area contributed by atoms with E-state index in [0.29, 0.717) is 23.4 Å². The molecule has 40 heavy (non-hydrogen) atoms. The highest BCUT2D eigenvalue weighted by Gasteiger charge is 2.61. The van der Waals surface area contributed by atoms with Crippen LogP contribution >= 0.6 is 0 Å². The van der Waals surface area contributed by atoms with Gasteiger partial charge in [-0.05, 0) is 116 Å². The van der Waals surface area contributed by atoms with Gasteiger partial charge in [0.25, 0.3) is 0 Å². The van der Waals surface area contributed by atoms with Gasteiger partial charge in [0.1, 0.15) is 0 Å². The smallest absolute Gasteiger partial charge is 0.192 e. The number of fused-ring (bicyclic) bond motifs is 1. The van der Waals surface area contributed by atoms with E-state index < -0.39 is 8.32 Å². The summed E-state index contributed by atoms with van der Waals surface area (Å²) in [6.45, 7) is 30.5. The largest absolute Gasteiger partial charge is 0.414 e. The fourth-order valence-corrected chi connectivity index (χ4v) is 10.2. The van der Waals surface area contributed by atoms with Crippen molar-refractivity contribution in [3.05, 3.63) is 36.5 Å². The van der Waals surface area contributed by atoms with Crippen molar-refractivity contribution in [3.8, 4) is 0 Å². The third-order valence-corrected chi connectivity index (χ3v) is 16.8. The molecule has 0 spiro atoms. The Bertz CT molecular complexity index is 894. The summed E-state index contributed by atoms with van der Waals surface area (Å²) >= 11 is 0. The summed E-state index contributed by atoms with van der Waals surface area (Å²) in [5, 5.41) is 0.244. The van der Waals surface area contributed by atoms with E-state index in [9.17, 15) is 0 Å². The molecule has 0 aromatic carbocycles. The van der Waals surface area contributed by atoms with E-state index in [-0.39, 0.29) is 10.6 Å². The Hall–Kier alpha value is -0.643. The zero-order chi connectivity index (χ0) is 29.9. The summed E-state index contributed by atoms with van der Waals surface area (Å²) in [5.74, 6) is 3.57. The van der Waals surface area contributed by atoms with Crippen molar-refractivity contribution >= 4 is 8.32 Å². The van der Waals surface area contributed by atoms with E-state index in [4.69, 9.17) is 9.16 Å². The normalized spacial score (nSPS) is 35.3. The highest BCUT2D eigenvalue weighted by atomic mass is 28.4. The van der Waals surface area contributed by atoms with Gasteiger partial charge in [-0.15, -0.1) is 6.58 Å². The van der Waals surface area contributed by atoms with Crippen LogP contribution in [0.15, 0.2) is 36.5 Å². The SMILES string of the molecule is C=CC[C@]1(OC)[C@H](C/C=C2/C[C@@H](O[Si](C)(C)C(C)(C)C)CCC2=C)CC[C@]2(C)[C@@H]([C@H](C)CCCC(C)C)CC[C@H]21. The Kier molecular flexibility index (Phi) is 11.3. The van der Waals surface area contributed by atoms with Crippen LogP contribution in [0.4, 0.5) is 0 Å². The minimum Gasteiger partial charge on any atom is -0.414 e. The first kappa shape index (κ1) is 33.9. The van der Waals surface area contributed by atoms with E-state index in [2.05, 4.69) is 86.9 Å². The molecule has 0 amide bonds. The second-order valence-electron chi connectivity index (χ2n) is 16.2. The second kappa shape index (κ2) is 13.3. The third kappa shape index (κ3) is 7.11. The van der Waals surface area contributed by atoms with Gasteiger partial charge >= 0.3 is 0 Å². The van der Waals surface area contributed by atoms with Crippen LogP contribution < -0.4 is 0 Å². The van der Waals surface area contributed by atoms with E-state index >= 15 is 0 Å². The molecule has 0 aromatic heterocycles. The summed E-state index contributed by atoms with van der Waals surface area (Å²) in [7, 11) is 0.217. The van der Waals surface area contributed by atoms with Crippen molar-refractivity contribution in [1.82, 2.24) is 0 Å². The fourth-order valence-electron chi connectivity index (χ4n) is 8.86. The molecule has 2 nitrogen and oxygen atoms in total. The summed E-state index contributed by atoms with van der Waals surface area (Å²) in [6, 6.07) is 0. The summed E-state index contributed by atoms with van der Waals surface area (Å²) in [6.07, 6.45) is 19.7. The van der Waals surface area contributed by atoms with Crippen molar-refractivity contribution in [1.29, 1.82) is 0 Å². The lowest BCUT2D eigenvalue weighted by molar-refractivity contribution is -0.165. The number of methoxy groups -OCH3 is 1. The van der Waals surface area contributed by atoms with Crippen LogP contribution in [0.5, 0.6) is 0 Å². The predicted molar refractivity (Wildman–Crippen MR) is 177 cm³/mol. The molecule has 230 valence electrons. The molecular formula is C37H66O2Si. The zero-order valence-electron chi connectivity index (χ0n) is 28.3. The van der Waals surface area contributed by atoms with Crippen molar-refractivity contribution in [2.75, 3.05) is 7.11 Å². The Balaban J connectivity index is 1.77. The summed E-state index contributed by atoms with van der Waals surface area (Å²) in [4.78, 5) is 0. The van der Waals surface area contributed by atoms with Gasteiger partial charge < -0.3 is 9.16 Å². The molecule has 0 unspecified atom stereocenters. The molecule has 0 saturated heterocycles. The molecule has 0 radical (unpaired) electrons. The molecule has 3 aliphatic carbocycles. The quantitative estimate of drug-likeness (QED) is 0.172. The Morgan fingerprint density at radius 1 is 1.07 bits per heavy atom. The molecule has 3 rings (SSSR count). The van der Waals surface area contributed by atoms with Gasteiger partial charge in [-0.25, -0.2) is 0 Å². The molecule has 7 atom stereocenters. The summed E-state index contributed by atoms with van der Waals surface area (Å²) in [5.41, 5.74) is 3.05. The Labute approximate surface area is 251 Å². The lowest BCUT2D eigenvalue weighted by Gasteiger charge is -2.56. The predicted octanol–water partition coefficient (Wildman–Crippen LogP) is 11.3. The minimum atomic E-state index is -1.78. The molecule has 3 fully saturated rings. The molecule has 0 aromatic rings. The van der Waals surface area contributed by atoms with Crippen LogP contribution in [0.25, 0.3) is 0 Å². The Morgan fingerprint density at radius 3 is 2.38 bits per heavy atom. The molecule has 3 saturated carbocycles. The number of allylic oxidation sites excluding steroid dienone is 2.